The van der Waals surface area contributed by atoms with Gasteiger partial charge >= 0.3 is 5.97 Å². The van der Waals surface area contributed by atoms with Gasteiger partial charge in [0.05, 0.1) is 17.5 Å². The van der Waals surface area contributed by atoms with Crippen molar-refractivity contribution in [2.75, 3.05) is 26.3 Å². The first kappa shape index (κ1) is 16.6. The van der Waals surface area contributed by atoms with Crippen LogP contribution < -0.4 is 4.74 Å². The molecule has 1 aromatic rings. The van der Waals surface area contributed by atoms with Gasteiger partial charge in [0, 0.05) is 13.1 Å². The van der Waals surface area contributed by atoms with E-state index in [1.54, 1.807) is 36.1 Å². The van der Waals surface area contributed by atoms with Crippen LogP contribution in [0.3, 0.4) is 0 Å². The summed E-state index contributed by atoms with van der Waals surface area (Å²) in [5.41, 5.74) is 0. The summed E-state index contributed by atoms with van der Waals surface area (Å²) in [4.78, 5) is 25.7. The van der Waals surface area contributed by atoms with Crippen LogP contribution in [-0.4, -0.2) is 43.1 Å². The molecule has 22 heavy (non-hydrogen) atoms. The van der Waals surface area contributed by atoms with Crippen LogP contribution >= 0.6 is 11.6 Å². The third-order valence-corrected chi connectivity index (χ3v) is 3.89. The molecule has 0 spiro atoms. The lowest BCUT2D eigenvalue weighted by Crippen LogP contribution is -2.44. The third-order valence-electron chi connectivity index (χ3n) is 3.58. The molecule has 0 N–H and O–H groups in total. The van der Waals surface area contributed by atoms with Gasteiger partial charge in [-0.05, 0) is 31.9 Å². The maximum Gasteiger partial charge on any atom is 0.310 e. The predicted molar refractivity (Wildman–Crippen MR) is 82.9 cm³/mol. The second-order valence-corrected chi connectivity index (χ2v) is 5.56. The van der Waals surface area contributed by atoms with Crippen molar-refractivity contribution in [3.63, 3.8) is 0 Å². The summed E-state index contributed by atoms with van der Waals surface area (Å²) in [6.45, 7) is 3.09. The molecule has 1 aliphatic rings. The van der Waals surface area contributed by atoms with E-state index in [4.69, 9.17) is 21.1 Å². The Morgan fingerprint density at radius 3 is 2.86 bits per heavy atom. The lowest BCUT2D eigenvalue weighted by atomic mass is 9.98. The van der Waals surface area contributed by atoms with Gasteiger partial charge in [0.2, 0.25) is 0 Å². The molecule has 0 aromatic heterocycles. The highest BCUT2D eigenvalue weighted by molar-refractivity contribution is 6.32. The van der Waals surface area contributed by atoms with Crippen molar-refractivity contribution < 1.29 is 19.1 Å². The average Bonchev–Trinajstić information content (AvgIpc) is 2.54. The number of benzene rings is 1. The molecule has 0 aliphatic carbocycles. The fourth-order valence-corrected chi connectivity index (χ4v) is 2.64. The predicted octanol–water partition coefficient (Wildman–Crippen LogP) is 2.52. The number of para-hydroxylation sites is 1. The normalized spacial score (nSPS) is 17.9. The zero-order valence-corrected chi connectivity index (χ0v) is 13.3. The Labute approximate surface area is 135 Å². The molecule has 1 aromatic carbocycles. The van der Waals surface area contributed by atoms with E-state index in [9.17, 15) is 9.59 Å². The second-order valence-electron chi connectivity index (χ2n) is 5.15. The van der Waals surface area contributed by atoms with E-state index < -0.39 is 0 Å². The molecule has 0 radical (unpaired) electrons. The van der Waals surface area contributed by atoms with Gasteiger partial charge in [-0.25, -0.2) is 0 Å². The van der Waals surface area contributed by atoms with Gasteiger partial charge in [0.15, 0.2) is 6.61 Å². The molecule has 0 bridgehead atoms. The smallest absolute Gasteiger partial charge is 0.310 e. The number of piperidine rings is 1. The van der Waals surface area contributed by atoms with Crippen LogP contribution in [-0.2, 0) is 14.3 Å². The molecular weight excluding hydrogens is 306 g/mol. The van der Waals surface area contributed by atoms with Crippen LogP contribution in [0.15, 0.2) is 24.3 Å². The number of rotatable bonds is 5. The zero-order chi connectivity index (χ0) is 15.9. The summed E-state index contributed by atoms with van der Waals surface area (Å²) in [5, 5.41) is 0.471. The Morgan fingerprint density at radius 1 is 1.36 bits per heavy atom. The van der Waals surface area contributed by atoms with Crippen molar-refractivity contribution in [1.29, 1.82) is 0 Å². The van der Waals surface area contributed by atoms with Crippen molar-refractivity contribution in [3.8, 4) is 5.75 Å². The van der Waals surface area contributed by atoms with E-state index in [1.165, 1.54) is 0 Å². The number of ether oxygens (including phenoxy) is 2. The van der Waals surface area contributed by atoms with Gasteiger partial charge in [-0.2, -0.15) is 0 Å². The maximum absolute atomic E-state index is 12.2. The summed E-state index contributed by atoms with van der Waals surface area (Å²) in [7, 11) is 0. The van der Waals surface area contributed by atoms with Crippen molar-refractivity contribution in [2.24, 2.45) is 5.92 Å². The largest absolute Gasteiger partial charge is 0.482 e. The molecule has 0 saturated carbocycles. The fraction of sp³-hybridized carbons (Fsp3) is 0.500. The summed E-state index contributed by atoms with van der Waals surface area (Å²) in [5.74, 6) is -0.129. The Balaban J connectivity index is 1.87. The first-order valence-electron chi connectivity index (χ1n) is 7.43. The monoisotopic (exact) mass is 325 g/mol. The number of halogens is 1. The lowest BCUT2D eigenvalue weighted by Gasteiger charge is -2.31. The molecule has 120 valence electrons. The number of hydrogen-bond donors (Lipinski definition) is 0. The SMILES string of the molecule is CCOC(=O)C1CCCN(C(=O)COc2ccccc2Cl)C1. The first-order valence-corrected chi connectivity index (χ1v) is 7.81. The molecule has 1 fully saturated rings. The van der Waals surface area contributed by atoms with E-state index in [1.807, 2.05) is 0 Å². The quantitative estimate of drug-likeness (QED) is 0.781. The van der Waals surface area contributed by atoms with Gasteiger partial charge < -0.3 is 14.4 Å². The van der Waals surface area contributed by atoms with E-state index in [0.717, 1.165) is 12.8 Å². The number of esters is 1. The Morgan fingerprint density at radius 2 is 2.14 bits per heavy atom. The molecular formula is C16H20ClNO4. The summed E-state index contributed by atoms with van der Waals surface area (Å²) in [6, 6.07) is 7.02. The Bertz CT molecular complexity index is 535. The average molecular weight is 326 g/mol. The van der Waals surface area contributed by atoms with Gasteiger partial charge in [-0.15, -0.1) is 0 Å². The van der Waals surface area contributed by atoms with Crippen LogP contribution in [0.5, 0.6) is 5.75 Å². The van der Waals surface area contributed by atoms with Crippen molar-refractivity contribution in [2.45, 2.75) is 19.8 Å². The zero-order valence-electron chi connectivity index (χ0n) is 12.6. The molecule has 2 rings (SSSR count). The number of amides is 1. The second kappa shape index (κ2) is 8.03. The minimum atomic E-state index is -0.238. The third kappa shape index (κ3) is 4.37. The van der Waals surface area contributed by atoms with Crippen LogP contribution in [0.4, 0.5) is 0 Å². The minimum Gasteiger partial charge on any atom is -0.482 e. The number of likely N-dealkylation sites (tertiary alicyclic amines) is 1. The lowest BCUT2D eigenvalue weighted by molar-refractivity contribution is -0.151. The Hall–Kier alpha value is -1.75. The highest BCUT2D eigenvalue weighted by atomic mass is 35.5. The maximum atomic E-state index is 12.2. The van der Waals surface area contributed by atoms with Gasteiger partial charge in [-0.1, -0.05) is 23.7 Å². The Kier molecular flexibility index (Phi) is 6.07. The number of nitrogens with zero attached hydrogens (tertiary/aromatic N) is 1. The topological polar surface area (TPSA) is 55.8 Å². The standard InChI is InChI=1S/C16H20ClNO4/c1-2-21-16(20)12-6-5-9-18(10-12)15(19)11-22-14-8-4-3-7-13(14)17/h3-4,7-8,12H,2,5-6,9-11H2,1H3. The van der Waals surface area contributed by atoms with Crippen LogP contribution in [0, 0.1) is 5.92 Å². The molecule has 1 unspecified atom stereocenters. The van der Waals surface area contributed by atoms with E-state index >= 15 is 0 Å². The van der Waals surface area contributed by atoms with Gasteiger partial charge in [-0.3, -0.25) is 9.59 Å². The summed E-state index contributed by atoms with van der Waals surface area (Å²) >= 11 is 5.98. The van der Waals surface area contributed by atoms with Crippen molar-refractivity contribution in [1.82, 2.24) is 4.90 Å². The molecule has 1 amide bonds. The fourth-order valence-electron chi connectivity index (χ4n) is 2.45. The number of hydrogen-bond acceptors (Lipinski definition) is 4. The molecule has 1 atom stereocenters. The minimum absolute atomic E-state index is 0.0840. The molecule has 1 aliphatic heterocycles. The van der Waals surface area contributed by atoms with Gasteiger partial charge in [0.25, 0.3) is 5.91 Å². The van der Waals surface area contributed by atoms with Crippen LogP contribution in [0.1, 0.15) is 19.8 Å². The van der Waals surface area contributed by atoms with E-state index in [2.05, 4.69) is 0 Å². The molecule has 1 heterocycles. The highest BCUT2D eigenvalue weighted by Crippen LogP contribution is 2.23. The molecule has 6 heteroatoms. The van der Waals surface area contributed by atoms with Crippen molar-refractivity contribution >= 4 is 23.5 Å². The van der Waals surface area contributed by atoms with Crippen LogP contribution in [0.2, 0.25) is 5.02 Å². The number of carbonyl (C=O) groups is 2. The van der Waals surface area contributed by atoms with E-state index in [-0.39, 0.29) is 24.4 Å². The molecule has 1 saturated heterocycles. The van der Waals surface area contributed by atoms with Crippen molar-refractivity contribution in [3.05, 3.63) is 29.3 Å². The number of carbonyl (C=O) groups excluding carboxylic acids is 2. The van der Waals surface area contributed by atoms with E-state index in [0.29, 0.717) is 30.5 Å². The van der Waals surface area contributed by atoms with Crippen LogP contribution in [0.25, 0.3) is 0 Å². The molecule has 5 nitrogen and oxygen atoms in total. The first-order chi connectivity index (χ1) is 10.6. The summed E-state index contributed by atoms with van der Waals surface area (Å²) in [6.07, 6.45) is 1.55. The van der Waals surface area contributed by atoms with Gasteiger partial charge in [0.1, 0.15) is 5.75 Å². The summed E-state index contributed by atoms with van der Waals surface area (Å²) < 4.78 is 10.5. The highest BCUT2D eigenvalue weighted by Gasteiger charge is 2.29.